The van der Waals surface area contributed by atoms with Crippen molar-refractivity contribution < 1.29 is 4.39 Å². The highest BCUT2D eigenvalue weighted by Crippen LogP contribution is 2.24. The molecule has 0 aliphatic heterocycles. The Kier molecular flexibility index (Phi) is 5.50. The summed E-state index contributed by atoms with van der Waals surface area (Å²) in [5.74, 6) is -0.312. The second kappa shape index (κ2) is 7.36. The van der Waals surface area contributed by atoms with E-state index < -0.39 is 0 Å². The number of hydrogen-bond donors (Lipinski definition) is 2. The third-order valence-corrected chi connectivity index (χ3v) is 3.48. The lowest BCUT2D eigenvalue weighted by Gasteiger charge is -2.06. The fourth-order valence-electron chi connectivity index (χ4n) is 1.47. The Bertz CT molecular complexity index is 674. The SMILES string of the molecule is Fc1ccc(NC(=S)N/N=C/c2cccc(Cl)c2Cl)cc1. The molecule has 2 aromatic rings. The zero-order valence-corrected chi connectivity index (χ0v) is 12.9. The van der Waals surface area contributed by atoms with Crippen LogP contribution in [-0.2, 0) is 0 Å². The minimum atomic E-state index is -0.312. The first-order valence-electron chi connectivity index (χ1n) is 5.86. The maximum Gasteiger partial charge on any atom is 0.191 e. The largest absolute Gasteiger partial charge is 0.331 e. The summed E-state index contributed by atoms with van der Waals surface area (Å²) in [5.41, 5.74) is 3.96. The number of rotatable bonds is 3. The molecule has 0 aromatic heterocycles. The van der Waals surface area contributed by atoms with Gasteiger partial charge in [0.2, 0.25) is 0 Å². The lowest BCUT2D eigenvalue weighted by molar-refractivity contribution is 0.628. The van der Waals surface area contributed by atoms with Crippen molar-refractivity contribution in [2.24, 2.45) is 5.10 Å². The molecule has 0 unspecified atom stereocenters. The van der Waals surface area contributed by atoms with Crippen molar-refractivity contribution in [3.05, 3.63) is 63.9 Å². The lowest BCUT2D eigenvalue weighted by atomic mass is 10.2. The number of nitrogens with one attached hydrogen (secondary N) is 2. The first kappa shape index (κ1) is 15.7. The molecular formula is C14H10Cl2FN3S. The average molecular weight is 342 g/mol. The van der Waals surface area contributed by atoms with E-state index in [-0.39, 0.29) is 10.9 Å². The van der Waals surface area contributed by atoms with Gasteiger partial charge in [0.25, 0.3) is 0 Å². The van der Waals surface area contributed by atoms with Gasteiger partial charge in [-0.25, -0.2) is 4.39 Å². The van der Waals surface area contributed by atoms with Gasteiger partial charge in [-0.3, -0.25) is 5.43 Å². The van der Waals surface area contributed by atoms with E-state index in [4.69, 9.17) is 35.4 Å². The standard InChI is InChI=1S/C14H10Cl2FN3S/c15-12-3-1-2-9(13(12)16)8-18-20-14(21)19-11-6-4-10(17)5-7-11/h1-8H,(H2,19,20,21)/b18-8+. The van der Waals surface area contributed by atoms with Gasteiger partial charge in [-0.05, 0) is 42.5 Å². The van der Waals surface area contributed by atoms with Crippen molar-refractivity contribution in [1.82, 2.24) is 5.43 Å². The Morgan fingerprint density at radius 3 is 2.57 bits per heavy atom. The number of hydrogen-bond acceptors (Lipinski definition) is 2. The molecule has 0 saturated carbocycles. The van der Waals surface area contributed by atoms with E-state index in [0.717, 1.165) is 0 Å². The van der Waals surface area contributed by atoms with Crippen LogP contribution in [0.15, 0.2) is 47.6 Å². The zero-order valence-electron chi connectivity index (χ0n) is 10.6. The number of thiocarbonyl (C=S) groups is 1. The van der Waals surface area contributed by atoms with Gasteiger partial charge in [0.15, 0.2) is 5.11 Å². The predicted octanol–water partition coefficient (Wildman–Crippen LogP) is 4.45. The molecule has 2 N–H and O–H groups in total. The number of hydrazone groups is 1. The van der Waals surface area contributed by atoms with E-state index in [1.54, 1.807) is 30.3 Å². The van der Waals surface area contributed by atoms with Gasteiger partial charge in [0.1, 0.15) is 5.82 Å². The normalized spacial score (nSPS) is 10.6. The van der Waals surface area contributed by atoms with E-state index >= 15 is 0 Å². The summed E-state index contributed by atoms with van der Waals surface area (Å²) in [7, 11) is 0. The Hall–Kier alpha value is -1.69. The van der Waals surface area contributed by atoms with Crippen LogP contribution in [0.2, 0.25) is 10.0 Å². The molecule has 7 heteroatoms. The fraction of sp³-hybridized carbons (Fsp3) is 0. The van der Waals surface area contributed by atoms with Crippen molar-refractivity contribution in [3.63, 3.8) is 0 Å². The Balaban J connectivity index is 1.93. The van der Waals surface area contributed by atoms with Crippen LogP contribution in [0.5, 0.6) is 0 Å². The summed E-state index contributed by atoms with van der Waals surface area (Å²) >= 11 is 17.0. The van der Waals surface area contributed by atoms with Crippen LogP contribution < -0.4 is 10.7 Å². The van der Waals surface area contributed by atoms with Crippen LogP contribution >= 0.6 is 35.4 Å². The Labute approximate surface area is 136 Å². The molecule has 0 heterocycles. The summed E-state index contributed by atoms with van der Waals surface area (Å²) in [4.78, 5) is 0. The van der Waals surface area contributed by atoms with Crippen LogP contribution in [0.3, 0.4) is 0 Å². The van der Waals surface area contributed by atoms with Crippen LogP contribution in [-0.4, -0.2) is 11.3 Å². The third-order valence-electron chi connectivity index (χ3n) is 2.45. The molecule has 2 aromatic carbocycles. The topological polar surface area (TPSA) is 36.4 Å². The van der Waals surface area contributed by atoms with E-state index in [9.17, 15) is 4.39 Å². The van der Waals surface area contributed by atoms with Gasteiger partial charge >= 0.3 is 0 Å². The van der Waals surface area contributed by atoms with Crippen molar-refractivity contribution in [3.8, 4) is 0 Å². The molecule has 0 aliphatic carbocycles. The molecule has 0 aliphatic rings. The molecule has 0 bridgehead atoms. The summed E-state index contributed by atoms with van der Waals surface area (Å²) < 4.78 is 12.8. The quantitative estimate of drug-likeness (QED) is 0.491. The molecular weight excluding hydrogens is 332 g/mol. The molecule has 0 saturated heterocycles. The van der Waals surface area contributed by atoms with Crippen molar-refractivity contribution in [2.45, 2.75) is 0 Å². The average Bonchev–Trinajstić information content (AvgIpc) is 2.46. The highest BCUT2D eigenvalue weighted by molar-refractivity contribution is 7.80. The highest BCUT2D eigenvalue weighted by atomic mass is 35.5. The molecule has 0 fully saturated rings. The summed E-state index contributed by atoms with van der Waals surface area (Å²) in [6, 6.07) is 11.0. The summed E-state index contributed by atoms with van der Waals surface area (Å²) in [5, 5.41) is 7.97. The van der Waals surface area contributed by atoms with Crippen LogP contribution in [0, 0.1) is 5.82 Å². The highest BCUT2D eigenvalue weighted by Gasteiger charge is 2.01. The van der Waals surface area contributed by atoms with E-state index in [1.165, 1.54) is 18.3 Å². The van der Waals surface area contributed by atoms with Crippen LogP contribution in [0.25, 0.3) is 0 Å². The minimum Gasteiger partial charge on any atom is -0.331 e. The maximum atomic E-state index is 12.8. The first-order chi connectivity index (χ1) is 10.1. The smallest absolute Gasteiger partial charge is 0.191 e. The summed E-state index contributed by atoms with van der Waals surface area (Å²) in [6.07, 6.45) is 1.51. The fourth-order valence-corrected chi connectivity index (χ4v) is 2.00. The maximum absolute atomic E-state index is 12.8. The van der Waals surface area contributed by atoms with Crippen LogP contribution in [0.1, 0.15) is 5.56 Å². The number of anilines is 1. The van der Waals surface area contributed by atoms with Gasteiger partial charge < -0.3 is 5.32 Å². The number of halogens is 3. The number of nitrogens with zero attached hydrogens (tertiary/aromatic N) is 1. The van der Waals surface area contributed by atoms with E-state index in [1.807, 2.05) is 0 Å². The molecule has 0 radical (unpaired) electrons. The van der Waals surface area contributed by atoms with Gasteiger partial charge in [0.05, 0.1) is 16.3 Å². The third kappa shape index (κ3) is 4.67. The molecule has 2 rings (SSSR count). The molecule has 0 spiro atoms. The predicted molar refractivity (Wildman–Crippen MR) is 89.8 cm³/mol. The molecule has 0 amide bonds. The monoisotopic (exact) mass is 341 g/mol. The van der Waals surface area contributed by atoms with Gasteiger partial charge in [-0.15, -0.1) is 0 Å². The molecule has 0 atom stereocenters. The van der Waals surface area contributed by atoms with E-state index in [0.29, 0.717) is 21.3 Å². The van der Waals surface area contributed by atoms with Gasteiger partial charge in [-0.2, -0.15) is 5.10 Å². The Morgan fingerprint density at radius 1 is 1.14 bits per heavy atom. The number of benzene rings is 2. The van der Waals surface area contributed by atoms with E-state index in [2.05, 4.69) is 15.8 Å². The molecule has 108 valence electrons. The zero-order chi connectivity index (χ0) is 15.2. The van der Waals surface area contributed by atoms with Gasteiger partial charge in [-0.1, -0.05) is 35.3 Å². The molecule has 3 nitrogen and oxygen atoms in total. The van der Waals surface area contributed by atoms with Crippen molar-refractivity contribution in [1.29, 1.82) is 0 Å². The second-order valence-corrected chi connectivity index (χ2v) is 5.17. The lowest BCUT2D eigenvalue weighted by Crippen LogP contribution is -2.23. The first-order valence-corrected chi connectivity index (χ1v) is 7.02. The second-order valence-electron chi connectivity index (χ2n) is 3.97. The minimum absolute atomic E-state index is 0.274. The van der Waals surface area contributed by atoms with Crippen molar-refractivity contribution >= 4 is 52.4 Å². The molecule has 21 heavy (non-hydrogen) atoms. The van der Waals surface area contributed by atoms with Gasteiger partial charge in [0, 0.05) is 11.3 Å². The Morgan fingerprint density at radius 2 is 1.86 bits per heavy atom. The van der Waals surface area contributed by atoms with Crippen molar-refractivity contribution in [2.75, 3.05) is 5.32 Å². The summed E-state index contributed by atoms with van der Waals surface area (Å²) in [6.45, 7) is 0. The van der Waals surface area contributed by atoms with Crippen LogP contribution in [0.4, 0.5) is 10.1 Å².